The molecule has 110 valence electrons. The molecule has 4 nitrogen and oxygen atoms in total. The molecule has 1 saturated heterocycles. The van der Waals surface area contributed by atoms with Crippen molar-refractivity contribution in [2.45, 2.75) is 32.2 Å². The molecule has 20 heavy (non-hydrogen) atoms. The average Bonchev–Trinajstić information content (AvgIpc) is 2.76. The van der Waals surface area contributed by atoms with Crippen molar-refractivity contribution in [1.82, 2.24) is 9.80 Å². The van der Waals surface area contributed by atoms with Gasteiger partial charge in [0.05, 0.1) is 0 Å². The third kappa shape index (κ3) is 4.23. The predicted octanol–water partition coefficient (Wildman–Crippen LogP) is 2.44. The van der Waals surface area contributed by atoms with E-state index in [0.717, 1.165) is 31.5 Å². The first-order valence-corrected chi connectivity index (χ1v) is 7.59. The Morgan fingerprint density at radius 2 is 1.75 bits per heavy atom. The molecule has 2 amide bonds. The van der Waals surface area contributed by atoms with Gasteiger partial charge in [0.15, 0.2) is 0 Å². The van der Waals surface area contributed by atoms with E-state index in [4.69, 9.17) is 5.73 Å². The van der Waals surface area contributed by atoms with Gasteiger partial charge in [-0.3, -0.25) is 0 Å². The average molecular weight is 275 g/mol. The summed E-state index contributed by atoms with van der Waals surface area (Å²) in [5, 5.41) is 0. The van der Waals surface area contributed by atoms with Crippen LogP contribution in [-0.4, -0.2) is 42.0 Å². The number of rotatable bonds is 4. The van der Waals surface area contributed by atoms with Gasteiger partial charge in [-0.05, 0) is 18.4 Å². The van der Waals surface area contributed by atoms with Gasteiger partial charge in [0, 0.05) is 32.7 Å². The highest BCUT2D eigenvalue weighted by Crippen LogP contribution is 2.13. The molecule has 0 atom stereocenters. The molecule has 1 aromatic carbocycles. The maximum Gasteiger partial charge on any atom is 0.320 e. The molecule has 0 aliphatic carbocycles. The van der Waals surface area contributed by atoms with Crippen molar-refractivity contribution >= 4 is 6.03 Å². The highest BCUT2D eigenvalue weighted by molar-refractivity contribution is 5.74. The molecular weight excluding hydrogens is 250 g/mol. The van der Waals surface area contributed by atoms with Gasteiger partial charge in [-0.15, -0.1) is 0 Å². The molecule has 4 heteroatoms. The summed E-state index contributed by atoms with van der Waals surface area (Å²) in [5.74, 6) is 0. The van der Waals surface area contributed by atoms with Crippen molar-refractivity contribution in [2.24, 2.45) is 5.73 Å². The van der Waals surface area contributed by atoms with E-state index >= 15 is 0 Å². The smallest absolute Gasteiger partial charge is 0.320 e. The van der Waals surface area contributed by atoms with Gasteiger partial charge >= 0.3 is 6.03 Å². The fourth-order valence-corrected chi connectivity index (χ4v) is 2.66. The maximum absolute atomic E-state index is 12.6. The summed E-state index contributed by atoms with van der Waals surface area (Å²) in [4.78, 5) is 16.5. The van der Waals surface area contributed by atoms with E-state index in [1.165, 1.54) is 12.8 Å². The Morgan fingerprint density at radius 3 is 2.35 bits per heavy atom. The number of benzene rings is 1. The first-order valence-electron chi connectivity index (χ1n) is 7.59. The highest BCUT2D eigenvalue weighted by atomic mass is 16.2. The van der Waals surface area contributed by atoms with E-state index in [1.54, 1.807) is 0 Å². The van der Waals surface area contributed by atoms with Crippen molar-refractivity contribution in [3.8, 4) is 0 Å². The van der Waals surface area contributed by atoms with Crippen molar-refractivity contribution in [2.75, 3.05) is 26.2 Å². The molecule has 2 N–H and O–H groups in total. The van der Waals surface area contributed by atoms with Crippen LogP contribution >= 0.6 is 0 Å². The zero-order chi connectivity index (χ0) is 14.2. The lowest BCUT2D eigenvalue weighted by Crippen LogP contribution is -2.45. The number of hydrogen-bond donors (Lipinski definition) is 1. The van der Waals surface area contributed by atoms with Gasteiger partial charge in [-0.2, -0.15) is 0 Å². The van der Waals surface area contributed by atoms with Crippen LogP contribution < -0.4 is 5.73 Å². The zero-order valence-electron chi connectivity index (χ0n) is 12.1. The van der Waals surface area contributed by atoms with Crippen LogP contribution in [0.25, 0.3) is 0 Å². The van der Waals surface area contributed by atoms with E-state index in [1.807, 2.05) is 28.0 Å². The van der Waals surface area contributed by atoms with E-state index in [9.17, 15) is 4.79 Å². The molecule has 2 rings (SSSR count). The normalized spacial score (nSPS) is 15.8. The summed E-state index contributed by atoms with van der Waals surface area (Å²) < 4.78 is 0. The lowest BCUT2D eigenvalue weighted by Gasteiger charge is -2.29. The first-order chi connectivity index (χ1) is 9.81. The third-order valence-electron chi connectivity index (χ3n) is 3.76. The van der Waals surface area contributed by atoms with Crippen molar-refractivity contribution in [1.29, 1.82) is 0 Å². The first kappa shape index (κ1) is 14.9. The molecule has 1 aliphatic rings. The van der Waals surface area contributed by atoms with E-state index in [-0.39, 0.29) is 6.03 Å². The fraction of sp³-hybridized carbons (Fsp3) is 0.562. The minimum atomic E-state index is 0.140. The van der Waals surface area contributed by atoms with Crippen LogP contribution in [-0.2, 0) is 6.54 Å². The molecule has 0 saturated carbocycles. The number of nitrogens with zero attached hydrogens (tertiary/aromatic N) is 2. The second-order valence-corrected chi connectivity index (χ2v) is 5.38. The summed E-state index contributed by atoms with van der Waals surface area (Å²) in [6.45, 7) is 3.54. The molecule has 0 bridgehead atoms. The molecule has 1 fully saturated rings. The fourth-order valence-electron chi connectivity index (χ4n) is 2.66. The van der Waals surface area contributed by atoms with E-state index in [0.29, 0.717) is 19.6 Å². The number of hydrogen-bond acceptors (Lipinski definition) is 2. The Labute approximate surface area is 121 Å². The van der Waals surface area contributed by atoms with Crippen molar-refractivity contribution in [3.05, 3.63) is 35.9 Å². The summed E-state index contributed by atoms with van der Waals surface area (Å²) >= 11 is 0. The summed E-state index contributed by atoms with van der Waals surface area (Å²) in [6, 6.07) is 10.3. The lowest BCUT2D eigenvalue weighted by atomic mass is 10.2. The van der Waals surface area contributed by atoms with Gasteiger partial charge in [0.1, 0.15) is 0 Å². The predicted molar refractivity (Wildman–Crippen MR) is 81.3 cm³/mol. The third-order valence-corrected chi connectivity index (χ3v) is 3.76. The number of amides is 2. The summed E-state index contributed by atoms with van der Waals surface area (Å²) in [7, 11) is 0. The standard InChI is InChI=1S/C16H25N3O/c17-10-13-19(14-15-8-4-3-5-9-15)16(20)18-11-6-1-2-7-12-18/h3-5,8-9H,1-2,6-7,10-14,17H2. The Bertz CT molecular complexity index is 399. The molecule has 1 aliphatic heterocycles. The Kier molecular flexibility index (Phi) is 5.87. The van der Waals surface area contributed by atoms with E-state index in [2.05, 4.69) is 12.1 Å². The number of urea groups is 1. The second kappa shape index (κ2) is 7.90. The summed E-state index contributed by atoms with van der Waals surface area (Å²) in [6.07, 6.45) is 4.71. The van der Waals surface area contributed by atoms with E-state index < -0.39 is 0 Å². The quantitative estimate of drug-likeness (QED) is 0.917. The van der Waals surface area contributed by atoms with Crippen LogP contribution in [0, 0.1) is 0 Å². The van der Waals surface area contributed by atoms with Gasteiger partial charge in [-0.1, -0.05) is 43.2 Å². The van der Waals surface area contributed by atoms with Crippen molar-refractivity contribution < 1.29 is 4.79 Å². The Hall–Kier alpha value is -1.55. The Morgan fingerprint density at radius 1 is 1.10 bits per heavy atom. The summed E-state index contributed by atoms with van der Waals surface area (Å²) in [5.41, 5.74) is 6.83. The van der Waals surface area contributed by atoms with Crippen LogP contribution in [0.15, 0.2) is 30.3 Å². The largest absolute Gasteiger partial charge is 0.329 e. The van der Waals surface area contributed by atoms with Crippen LogP contribution in [0.1, 0.15) is 31.2 Å². The monoisotopic (exact) mass is 275 g/mol. The maximum atomic E-state index is 12.6. The molecule has 0 spiro atoms. The number of nitrogens with two attached hydrogens (primary N) is 1. The van der Waals surface area contributed by atoms with Gasteiger partial charge in [0.25, 0.3) is 0 Å². The minimum Gasteiger partial charge on any atom is -0.329 e. The highest BCUT2D eigenvalue weighted by Gasteiger charge is 2.21. The minimum absolute atomic E-state index is 0.140. The van der Waals surface area contributed by atoms with Crippen molar-refractivity contribution in [3.63, 3.8) is 0 Å². The van der Waals surface area contributed by atoms with Gasteiger partial charge in [-0.25, -0.2) is 4.79 Å². The van der Waals surface area contributed by atoms with Crippen LogP contribution in [0.4, 0.5) is 4.79 Å². The van der Waals surface area contributed by atoms with Crippen LogP contribution in [0.5, 0.6) is 0 Å². The molecule has 0 aromatic heterocycles. The molecule has 1 aromatic rings. The number of likely N-dealkylation sites (tertiary alicyclic amines) is 1. The molecular formula is C16H25N3O. The van der Waals surface area contributed by atoms with Crippen LogP contribution in [0.2, 0.25) is 0 Å². The number of carbonyl (C=O) groups excluding carboxylic acids is 1. The SMILES string of the molecule is NCCN(Cc1ccccc1)C(=O)N1CCCCCC1. The number of carbonyl (C=O) groups is 1. The Balaban J connectivity index is 2.01. The molecule has 1 heterocycles. The van der Waals surface area contributed by atoms with Crippen LogP contribution in [0.3, 0.4) is 0 Å². The second-order valence-electron chi connectivity index (χ2n) is 5.38. The molecule has 0 radical (unpaired) electrons. The van der Waals surface area contributed by atoms with Gasteiger partial charge < -0.3 is 15.5 Å². The lowest BCUT2D eigenvalue weighted by molar-refractivity contribution is 0.153. The van der Waals surface area contributed by atoms with Gasteiger partial charge in [0.2, 0.25) is 0 Å². The topological polar surface area (TPSA) is 49.6 Å². The zero-order valence-corrected chi connectivity index (χ0v) is 12.1. The molecule has 0 unspecified atom stereocenters.